The second kappa shape index (κ2) is 7.79. The highest BCUT2D eigenvalue weighted by Crippen LogP contribution is 2.30. The number of amides is 1. The fourth-order valence-corrected chi connectivity index (χ4v) is 4.27. The maximum atomic E-state index is 13.2. The lowest BCUT2D eigenvalue weighted by atomic mass is 9.95. The summed E-state index contributed by atoms with van der Waals surface area (Å²) in [7, 11) is 0. The van der Waals surface area contributed by atoms with Gasteiger partial charge in [0.15, 0.2) is 5.82 Å². The predicted molar refractivity (Wildman–Crippen MR) is 106 cm³/mol. The third-order valence-electron chi connectivity index (χ3n) is 5.87. The Bertz CT molecular complexity index is 976. The monoisotopic (exact) mass is 392 g/mol. The lowest BCUT2D eigenvalue weighted by molar-refractivity contribution is 0.0703. The van der Waals surface area contributed by atoms with Crippen molar-refractivity contribution in [3.63, 3.8) is 0 Å². The molecule has 2 aliphatic heterocycles. The van der Waals surface area contributed by atoms with E-state index in [-0.39, 0.29) is 17.7 Å². The molecular formula is C21H24N6O2. The molecule has 0 aliphatic carbocycles. The summed E-state index contributed by atoms with van der Waals surface area (Å²) in [5, 5.41) is 14.6. The van der Waals surface area contributed by atoms with E-state index in [1.807, 2.05) is 35.2 Å². The van der Waals surface area contributed by atoms with Crippen molar-refractivity contribution in [3.05, 3.63) is 53.6 Å². The van der Waals surface area contributed by atoms with Gasteiger partial charge >= 0.3 is 0 Å². The molecule has 5 rings (SSSR count). The van der Waals surface area contributed by atoms with Gasteiger partial charge in [0.2, 0.25) is 0 Å². The van der Waals surface area contributed by atoms with Gasteiger partial charge in [-0.25, -0.2) is 4.98 Å². The van der Waals surface area contributed by atoms with Gasteiger partial charge in [0.05, 0.1) is 24.1 Å². The zero-order chi connectivity index (χ0) is 19.6. The lowest BCUT2D eigenvalue weighted by Gasteiger charge is -2.31. The molecule has 8 heteroatoms. The van der Waals surface area contributed by atoms with Crippen molar-refractivity contribution in [2.45, 2.75) is 31.1 Å². The van der Waals surface area contributed by atoms with Gasteiger partial charge < -0.3 is 9.64 Å². The van der Waals surface area contributed by atoms with Crippen molar-refractivity contribution in [1.82, 2.24) is 30.3 Å². The van der Waals surface area contributed by atoms with Crippen LogP contribution in [0.15, 0.2) is 36.5 Å². The van der Waals surface area contributed by atoms with Crippen molar-refractivity contribution in [1.29, 1.82) is 0 Å². The number of piperidine rings is 1. The summed E-state index contributed by atoms with van der Waals surface area (Å²) in [5.74, 6) is 1.95. The van der Waals surface area contributed by atoms with Crippen LogP contribution in [-0.4, -0.2) is 62.5 Å². The van der Waals surface area contributed by atoms with Gasteiger partial charge in [0, 0.05) is 37.1 Å². The Morgan fingerprint density at radius 3 is 2.86 bits per heavy atom. The van der Waals surface area contributed by atoms with Crippen LogP contribution in [0.5, 0.6) is 0 Å². The number of carbonyl (C=O) groups excluding carboxylic acids is 1. The Morgan fingerprint density at radius 1 is 1.14 bits per heavy atom. The molecular weight excluding hydrogens is 368 g/mol. The zero-order valence-corrected chi connectivity index (χ0v) is 16.2. The van der Waals surface area contributed by atoms with Crippen molar-refractivity contribution in [2.24, 2.45) is 0 Å². The lowest BCUT2D eigenvalue weighted by Crippen LogP contribution is -2.39. The van der Waals surface area contributed by atoms with E-state index in [2.05, 4.69) is 20.4 Å². The molecule has 0 bridgehead atoms. The Labute approximate surface area is 168 Å². The summed E-state index contributed by atoms with van der Waals surface area (Å²) in [6, 6.07) is 9.92. The van der Waals surface area contributed by atoms with Crippen molar-refractivity contribution < 1.29 is 9.53 Å². The number of nitrogens with zero attached hydrogens (tertiary/aromatic N) is 4. The number of ether oxygens (including phenoxy) is 1. The minimum Gasteiger partial charge on any atom is -0.381 e. The van der Waals surface area contributed by atoms with Gasteiger partial charge in [-0.15, -0.1) is 0 Å². The Balaban J connectivity index is 1.32. The van der Waals surface area contributed by atoms with E-state index in [0.29, 0.717) is 24.5 Å². The molecule has 8 nitrogen and oxygen atoms in total. The fraction of sp³-hybridized carbons (Fsp3) is 0.429. The number of H-pyrrole nitrogens is 2. The first kappa shape index (κ1) is 18.1. The van der Waals surface area contributed by atoms with Crippen molar-refractivity contribution in [3.8, 4) is 11.4 Å². The van der Waals surface area contributed by atoms with E-state index in [1.54, 1.807) is 6.20 Å². The first-order valence-electron chi connectivity index (χ1n) is 10.2. The molecule has 2 unspecified atom stereocenters. The SMILES string of the molecule is O=C(c1cn[nH]c1C1CCOC1)N1CCCC(c2nc(-c3ccccc3)n[nH]2)C1. The van der Waals surface area contributed by atoms with Gasteiger partial charge in [-0.2, -0.15) is 10.2 Å². The Hall–Kier alpha value is -3.00. The largest absolute Gasteiger partial charge is 0.381 e. The van der Waals surface area contributed by atoms with Crippen LogP contribution in [0.4, 0.5) is 0 Å². The molecule has 2 fully saturated rings. The molecule has 29 heavy (non-hydrogen) atoms. The van der Waals surface area contributed by atoms with Crippen LogP contribution in [0.3, 0.4) is 0 Å². The topological polar surface area (TPSA) is 99.8 Å². The van der Waals surface area contributed by atoms with E-state index in [9.17, 15) is 4.79 Å². The first-order valence-corrected chi connectivity index (χ1v) is 10.2. The third kappa shape index (κ3) is 3.55. The van der Waals surface area contributed by atoms with Crippen molar-refractivity contribution in [2.75, 3.05) is 26.3 Å². The van der Waals surface area contributed by atoms with Gasteiger partial charge in [-0.05, 0) is 19.3 Å². The molecule has 2 aromatic heterocycles. The third-order valence-corrected chi connectivity index (χ3v) is 5.87. The zero-order valence-electron chi connectivity index (χ0n) is 16.2. The number of hydrogen-bond acceptors (Lipinski definition) is 5. The number of likely N-dealkylation sites (tertiary alicyclic amines) is 1. The number of hydrogen-bond donors (Lipinski definition) is 2. The molecule has 1 aromatic carbocycles. The van der Waals surface area contributed by atoms with E-state index >= 15 is 0 Å². The molecule has 0 spiro atoms. The molecule has 0 radical (unpaired) electrons. The molecule has 150 valence electrons. The number of benzene rings is 1. The Morgan fingerprint density at radius 2 is 2.03 bits per heavy atom. The van der Waals surface area contributed by atoms with Crippen molar-refractivity contribution >= 4 is 5.91 Å². The molecule has 0 saturated carbocycles. The van der Waals surface area contributed by atoms with Crippen LogP contribution in [0, 0.1) is 0 Å². The fourth-order valence-electron chi connectivity index (χ4n) is 4.27. The highest BCUT2D eigenvalue weighted by molar-refractivity contribution is 5.95. The predicted octanol–water partition coefficient (Wildman–Crippen LogP) is 2.72. The summed E-state index contributed by atoms with van der Waals surface area (Å²) in [4.78, 5) is 19.8. The number of rotatable bonds is 4. The average molecular weight is 392 g/mol. The van der Waals surface area contributed by atoms with Gasteiger partial charge in [-0.1, -0.05) is 30.3 Å². The molecule has 2 N–H and O–H groups in total. The summed E-state index contributed by atoms with van der Waals surface area (Å²) in [5.41, 5.74) is 2.56. The first-order chi connectivity index (χ1) is 14.3. The number of aromatic nitrogens is 5. The smallest absolute Gasteiger partial charge is 0.257 e. The highest BCUT2D eigenvalue weighted by atomic mass is 16.5. The van der Waals surface area contributed by atoms with Crippen LogP contribution in [0.25, 0.3) is 11.4 Å². The summed E-state index contributed by atoms with van der Waals surface area (Å²) >= 11 is 0. The Kier molecular flexibility index (Phi) is 4.85. The minimum absolute atomic E-state index is 0.0353. The van der Waals surface area contributed by atoms with Crippen LogP contribution in [0.1, 0.15) is 53.0 Å². The summed E-state index contributed by atoms with van der Waals surface area (Å²) in [6.45, 7) is 2.76. The van der Waals surface area contributed by atoms with Crippen LogP contribution < -0.4 is 0 Å². The van der Waals surface area contributed by atoms with Crippen LogP contribution in [0.2, 0.25) is 0 Å². The summed E-state index contributed by atoms with van der Waals surface area (Å²) < 4.78 is 5.48. The molecule has 4 heterocycles. The average Bonchev–Trinajstić information content (AvgIpc) is 3.55. The normalized spacial score (nSPS) is 22.1. The maximum Gasteiger partial charge on any atom is 0.257 e. The van der Waals surface area contributed by atoms with E-state index in [0.717, 1.165) is 49.5 Å². The molecule has 3 aromatic rings. The maximum absolute atomic E-state index is 13.2. The van der Waals surface area contributed by atoms with Gasteiger partial charge in [0.25, 0.3) is 5.91 Å². The molecule has 2 saturated heterocycles. The van der Waals surface area contributed by atoms with Gasteiger partial charge in [-0.3, -0.25) is 15.0 Å². The second-order valence-corrected chi connectivity index (χ2v) is 7.76. The standard InChI is InChI=1S/C21H24N6O2/c28-21(17-11-22-24-18(17)16-8-10-29-13-16)27-9-4-7-15(12-27)20-23-19(25-26-20)14-5-2-1-3-6-14/h1-3,5-6,11,15-16H,4,7-10,12-13H2,(H,22,24)(H,23,25,26). The molecule has 2 atom stereocenters. The quantitative estimate of drug-likeness (QED) is 0.711. The molecule has 1 amide bonds. The van der Waals surface area contributed by atoms with Gasteiger partial charge in [0.1, 0.15) is 5.82 Å². The number of nitrogens with one attached hydrogen (secondary N) is 2. The van der Waals surface area contributed by atoms with Crippen LogP contribution in [-0.2, 0) is 4.74 Å². The second-order valence-electron chi connectivity index (χ2n) is 7.76. The molecule has 2 aliphatic rings. The number of carbonyl (C=O) groups is 1. The van der Waals surface area contributed by atoms with E-state index in [1.165, 1.54) is 0 Å². The minimum atomic E-state index is 0.0353. The van der Waals surface area contributed by atoms with E-state index < -0.39 is 0 Å². The van der Waals surface area contributed by atoms with Crippen LogP contribution >= 0.6 is 0 Å². The number of aromatic amines is 2. The van der Waals surface area contributed by atoms with E-state index in [4.69, 9.17) is 9.72 Å². The highest BCUT2D eigenvalue weighted by Gasteiger charge is 2.31. The summed E-state index contributed by atoms with van der Waals surface area (Å²) in [6.07, 6.45) is 4.51.